The summed E-state index contributed by atoms with van der Waals surface area (Å²) in [4.78, 5) is 27.3. The molecule has 1 amide bonds. The van der Waals surface area contributed by atoms with Crippen LogP contribution in [0, 0.1) is 0 Å². The Balaban J connectivity index is 1.56. The largest absolute Gasteiger partial charge is 0.496 e. The molecule has 5 nitrogen and oxygen atoms in total. The van der Waals surface area contributed by atoms with Crippen molar-refractivity contribution in [3.05, 3.63) is 93.9 Å². The van der Waals surface area contributed by atoms with Crippen molar-refractivity contribution in [1.82, 2.24) is 0 Å². The third kappa shape index (κ3) is 4.70. The number of carbonyl (C=O) groups is 2. The monoisotopic (exact) mass is 481 g/mol. The van der Waals surface area contributed by atoms with Gasteiger partial charge in [0.05, 0.1) is 23.3 Å². The van der Waals surface area contributed by atoms with Crippen molar-refractivity contribution in [2.24, 2.45) is 0 Å². The maximum atomic E-state index is 12.9. The van der Waals surface area contributed by atoms with Gasteiger partial charge in [0.2, 0.25) is 0 Å². The highest BCUT2D eigenvalue weighted by Gasteiger charge is 2.33. The zero-order valence-electron chi connectivity index (χ0n) is 16.8. The maximum absolute atomic E-state index is 12.9. The minimum absolute atomic E-state index is 0.202. The highest BCUT2D eigenvalue weighted by molar-refractivity contribution is 8.27. The van der Waals surface area contributed by atoms with Gasteiger partial charge in [-0.2, -0.15) is 0 Å². The summed E-state index contributed by atoms with van der Waals surface area (Å²) >= 11 is 12.5. The first-order chi connectivity index (χ1) is 15.5. The van der Waals surface area contributed by atoms with Gasteiger partial charge >= 0.3 is 5.97 Å². The number of benzene rings is 3. The molecule has 1 fully saturated rings. The molecule has 0 atom stereocenters. The summed E-state index contributed by atoms with van der Waals surface area (Å²) in [6, 6.07) is 20.6. The Labute approximate surface area is 199 Å². The summed E-state index contributed by atoms with van der Waals surface area (Å²) in [6.07, 6.45) is 1.71. The molecule has 0 aliphatic carbocycles. The normalized spacial score (nSPS) is 14.7. The third-order valence-electron chi connectivity index (χ3n) is 4.59. The van der Waals surface area contributed by atoms with Crippen LogP contribution in [0.4, 0.5) is 5.69 Å². The van der Waals surface area contributed by atoms with E-state index in [-0.39, 0.29) is 5.91 Å². The smallest absolute Gasteiger partial charge is 0.343 e. The number of nitrogens with zero attached hydrogens (tertiary/aromatic N) is 1. The van der Waals surface area contributed by atoms with Crippen LogP contribution in [0.3, 0.4) is 0 Å². The van der Waals surface area contributed by atoms with Gasteiger partial charge in [-0.25, -0.2) is 4.79 Å². The first kappa shape index (κ1) is 22.1. The van der Waals surface area contributed by atoms with Crippen LogP contribution in [0.2, 0.25) is 5.02 Å². The molecule has 3 aromatic carbocycles. The average molecular weight is 482 g/mol. The number of hydrogen-bond acceptors (Lipinski definition) is 6. The lowest BCUT2D eigenvalue weighted by Gasteiger charge is -2.14. The van der Waals surface area contributed by atoms with Crippen LogP contribution in [0.5, 0.6) is 11.5 Å². The number of esters is 1. The van der Waals surface area contributed by atoms with E-state index in [0.717, 1.165) is 5.69 Å². The molecule has 4 rings (SSSR count). The predicted molar refractivity (Wildman–Crippen MR) is 131 cm³/mol. The van der Waals surface area contributed by atoms with E-state index in [1.807, 2.05) is 30.3 Å². The number of rotatable bonds is 5. The van der Waals surface area contributed by atoms with Gasteiger partial charge < -0.3 is 9.47 Å². The number of anilines is 1. The topological polar surface area (TPSA) is 55.8 Å². The molecule has 1 aliphatic heterocycles. The van der Waals surface area contributed by atoms with E-state index < -0.39 is 5.97 Å². The van der Waals surface area contributed by atoms with E-state index in [0.29, 0.717) is 36.9 Å². The zero-order valence-corrected chi connectivity index (χ0v) is 19.2. The summed E-state index contributed by atoms with van der Waals surface area (Å²) in [7, 11) is 1.51. The first-order valence-corrected chi connectivity index (χ1v) is 11.1. The maximum Gasteiger partial charge on any atom is 0.343 e. The summed E-state index contributed by atoms with van der Waals surface area (Å²) in [5, 5.41) is 0.533. The summed E-state index contributed by atoms with van der Waals surface area (Å²) < 4.78 is 11.3. The highest BCUT2D eigenvalue weighted by Crippen LogP contribution is 2.37. The van der Waals surface area contributed by atoms with Gasteiger partial charge in [0.25, 0.3) is 5.91 Å². The Morgan fingerprint density at radius 1 is 1.06 bits per heavy atom. The summed E-state index contributed by atoms with van der Waals surface area (Å²) in [5.74, 6) is 0.0545. The van der Waals surface area contributed by atoms with Gasteiger partial charge in [-0.15, -0.1) is 0 Å². The SMILES string of the molecule is COc1cc(OC(=O)c2ccc(Cl)cc2)ccc1/C=C1/SC(=S)N(c2ccccc2)C1=O. The van der Waals surface area contributed by atoms with Gasteiger partial charge in [0.15, 0.2) is 4.32 Å². The van der Waals surface area contributed by atoms with E-state index >= 15 is 0 Å². The van der Waals surface area contributed by atoms with Gasteiger partial charge in [-0.3, -0.25) is 9.69 Å². The highest BCUT2D eigenvalue weighted by atomic mass is 35.5. The van der Waals surface area contributed by atoms with E-state index in [2.05, 4.69) is 0 Å². The van der Waals surface area contributed by atoms with E-state index in [1.54, 1.807) is 48.5 Å². The molecular weight excluding hydrogens is 466 g/mol. The molecular formula is C24H16ClNO4S2. The number of para-hydroxylation sites is 1. The Morgan fingerprint density at radius 2 is 1.78 bits per heavy atom. The molecule has 0 saturated carbocycles. The molecule has 0 spiro atoms. The fourth-order valence-electron chi connectivity index (χ4n) is 3.03. The number of ether oxygens (including phenoxy) is 2. The number of amides is 1. The third-order valence-corrected chi connectivity index (χ3v) is 6.14. The van der Waals surface area contributed by atoms with Crippen LogP contribution in [-0.2, 0) is 4.79 Å². The molecule has 1 saturated heterocycles. The number of methoxy groups -OCH3 is 1. The Bertz CT molecular complexity index is 1230. The fourth-order valence-corrected chi connectivity index (χ4v) is 4.45. The van der Waals surface area contributed by atoms with Gasteiger partial charge in [0.1, 0.15) is 11.5 Å². The standard InChI is InChI=1S/C24H16ClNO4S2/c1-29-20-14-19(30-23(28)15-7-10-17(25)11-8-15)12-9-16(20)13-21-22(27)26(24(31)32-21)18-5-3-2-4-6-18/h2-14H,1H3/b21-13+. The lowest BCUT2D eigenvalue weighted by molar-refractivity contribution is -0.113. The van der Waals surface area contributed by atoms with Crippen LogP contribution in [-0.4, -0.2) is 23.3 Å². The summed E-state index contributed by atoms with van der Waals surface area (Å²) in [6.45, 7) is 0. The van der Waals surface area contributed by atoms with Crippen molar-refractivity contribution in [3.63, 3.8) is 0 Å². The molecule has 0 bridgehead atoms. The van der Waals surface area contributed by atoms with E-state index in [4.69, 9.17) is 33.3 Å². The molecule has 1 heterocycles. The van der Waals surface area contributed by atoms with Crippen LogP contribution in [0.1, 0.15) is 15.9 Å². The lowest BCUT2D eigenvalue weighted by atomic mass is 10.1. The van der Waals surface area contributed by atoms with Crippen molar-refractivity contribution in [1.29, 1.82) is 0 Å². The van der Waals surface area contributed by atoms with Crippen LogP contribution >= 0.6 is 35.6 Å². The van der Waals surface area contributed by atoms with Crippen LogP contribution in [0.25, 0.3) is 6.08 Å². The van der Waals surface area contributed by atoms with E-state index in [9.17, 15) is 9.59 Å². The second kappa shape index (κ2) is 9.56. The molecule has 3 aromatic rings. The minimum Gasteiger partial charge on any atom is -0.496 e. The van der Waals surface area contributed by atoms with Crippen molar-refractivity contribution >= 4 is 63.5 Å². The predicted octanol–water partition coefficient (Wildman–Crippen LogP) is 5.97. The first-order valence-electron chi connectivity index (χ1n) is 9.45. The fraction of sp³-hybridized carbons (Fsp3) is 0.0417. The minimum atomic E-state index is -0.514. The molecule has 0 radical (unpaired) electrons. The van der Waals surface area contributed by atoms with Crippen LogP contribution in [0.15, 0.2) is 77.7 Å². The molecule has 0 unspecified atom stereocenters. The average Bonchev–Trinajstić information content (AvgIpc) is 3.08. The number of hydrogen-bond donors (Lipinski definition) is 0. The second-order valence-electron chi connectivity index (χ2n) is 6.65. The van der Waals surface area contributed by atoms with E-state index in [1.165, 1.54) is 23.8 Å². The molecule has 0 N–H and O–H groups in total. The number of halogens is 1. The molecule has 1 aliphatic rings. The van der Waals surface area contributed by atoms with Gasteiger partial charge in [-0.05, 0) is 54.6 Å². The quantitative estimate of drug-likeness (QED) is 0.193. The number of thiocarbonyl (C=S) groups is 1. The Kier molecular flexibility index (Phi) is 6.60. The van der Waals surface area contributed by atoms with Gasteiger partial charge in [-0.1, -0.05) is 53.8 Å². The number of carbonyl (C=O) groups excluding carboxylic acids is 2. The summed E-state index contributed by atoms with van der Waals surface area (Å²) in [5.41, 5.74) is 1.75. The van der Waals surface area contributed by atoms with Gasteiger partial charge in [0, 0.05) is 16.7 Å². The molecule has 0 aromatic heterocycles. The molecule has 32 heavy (non-hydrogen) atoms. The zero-order chi connectivity index (χ0) is 22.7. The van der Waals surface area contributed by atoms with Crippen molar-refractivity contribution in [2.75, 3.05) is 12.0 Å². The Morgan fingerprint density at radius 3 is 2.47 bits per heavy atom. The number of thioether (sulfide) groups is 1. The Hall–Kier alpha value is -3.13. The van der Waals surface area contributed by atoms with Crippen molar-refractivity contribution in [2.45, 2.75) is 0 Å². The second-order valence-corrected chi connectivity index (χ2v) is 8.77. The van der Waals surface area contributed by atoms with Crippen molar-refractivity contribution < 1.29 is 19.1 Å². The molecule has 160 valence electrons. The van der Waals surface area contributed by atoms with Crippen molar-refractivity contribution in [3.8, 4) is 11.5 Å². The van der Waals surface area contributed by atoms with Crippen LogP contribution < -0.4 is 14.4 Å². The molecule has 8 heteroatoms. The lowest BCUT2D eigenvalue weighted by Crippen LogP contribution is -2.27.